The Morgan fingerprint density at radius 1 is 1.00 bits per heavy atom. The van der Waals surface area contributed by atoms with Gasteiger partial charge in [-0.05, 0) is 37.3 Å². The molecule has 1 fully saturated rings. The number of hydrogen-bond donors (Lipinski definition) is 0. The summed E-state index contributed by atoms with van der Waals surface area (Å²) in [5, 5.41) is 0. The van der Waals surface area contributed by atoms with E-state index in [-0.39, 0.29) is 0 Å². The molecule has 156 valence electrons. The minimum atomic E-state index is -3.45. The van der Waals surface area contributed by atoms with Gasteiger partial charge < -0.3 is 9.47 Å². The van der Waals surface area contributed by atoms with Gasteiger partial charge in [0.1, 0.15) is 12.9 Å². The van der Waals surface area contributed by atoms with Crippen LogP contribution in [0.3, 0.4) is 0 Å². The van der Waals surface area contributed by atoms with Crippen molar-refractivity contribution in [3.8, 4) is 11.5 Å². The number of piperazine rings is 1. The molecule has 0 spiro atoms. The summed E-state index contributed by atoms with van der Waals surface area (Å²) in [5.74, 6) is 1.10. The van der Waals surface area contributed by atoms with Gasteiger partial charge in [-0.1, -0.05) is 17.7 Å². The van der Waals surface area contributed by atoms with Crippen LogP contribution in [0.25, 0.3) is 0 Å². The largest absolute Gasteiger partial charge is 0.493 e. The number of carbonyl (C=O) groups is 1. The minimum Gasteiger partial charge on any atom is -0.493 e. The lowest BCUT2D eigenvalue weighted by Gasteiger charge is -2.33. The summed E-state index contributed by atoms with van der Waals surface area (Å²) < 4.78 is 38.1. The van der Waals surface area contributed by atoms with Crippen LogP contribution in [-0.4, -0.2) is 70.3 Å². The Kier molecular flexibility index (Phi) is 6.89. The summed E-state index contributed by atoms with van der Waals surface area (Å²) in [6, 6.07) is 12.0. The van der Waals surface area contributed by atoms with Gasteiger partial charge in [-0.2, -0.15) is 4.31 Å². The van der Waals surface area contributed by atoms with Crippen molar-refractivity contribution in [3.05, 3.63) is 53.6 Å². The van der Waals surface area contributed by atoms with Crippen LogP contribution >= 0.6 is 0 Å². The number of hydrogen-bond acceptors (Lipinski definition) is 6. The molecule has 0 radical (unpaired) electrons. The summed E-state index contributed by atoms with van der Waals surface area (Å²) in [5.41, 5.74) is 1.56. The quantitative estimate of drug-likeness (QED) is 0.612. The van der Waals surface area contributed by atoms with Crippen LogP contribution in [0.4, 0.5) is 0 Å². The number of benzene rings is 2. The average Bonchev–Trinajstić information content (AvgIpc) is 2.74. The summed E-state index contributed by atoms with van der Waals surface area (Å²) in [4.78, 5) is 13.4. The van der Waals surface area contributed by atoms with Crippen molar-refractivity contribution in [1.82, 2.24) is 9.21 Å². The van der Waals surface area contributed by atoms with Crippen LogP contribution in [0.5, 0.6) is 11.5 Å². The van der Waals surface area contributed by atoms with Crippen molar-refractivity contribution in [2.75, 3.05) is 46.4 Å². The fourth-order valence-corrected chi connectivity index (χ4v) is 4.64. The van der Waals surface area contributed by atoms with E-state index in [1.165, 1.54) is 11.4 Å². The molecule has 0 aliphatic carbocycles. The minimum absolute atomic E-state index is 0.339. The first-order valence-electron chi connectivity index (χ1n) is 9.49. The van der Waals surface area contributed by atoms with Crippen molar-refractivity contribution in [2.24, 2.45) is 0 Å². The number of aldehydes is 1. The van der Waals surface area contributed by atoms with Crippen molar-refractivity contribution in [3.63, 3.8) is 0 Å². The van der Waals surface area contributed by atoms with Crippen LogP contribution in [0.15, 0.2) is 47.4 Å². The van der Waals surface area contributed by atoms with Crippen LogP contribution in [0.2, 0.25) is 0 Å². The van der Waals surface area contributed by atoms with E-state index in [0.717, 1.165) is 11.8 Å². The van der Waals surface area contributed by atoms with Crippen LogP contribution in [0, 0.1) is 6.92 Å². The monoisotopic (exact) mass is 418 g/mol. The summed E-state index contributed by atoms with van der Waals surface area (Å²) >= 11 is 0. The zero-order chi connectivity index (χ0) is 20.9. The van der Waals surface area contributed by atoms with E-state index in [2.05, 4.69) is 4.90 Å². The first kappa shape index (κ1) is 21.3. The normalized spacial score (nSPS) is 15.8. The number of rotatable bonds is 8. The molecule has 7 nitrogen and oxygen atoms in total. The number of carbonyl (C=O) groups excluding carboxylic acids is 1. The lowest BCUT2D eigenvalue weighted by atomic mass is 10.2. The summed E-state index contributed by atoms with van der Waals surface area (Å²) in [6.07, 6.45) is 0.760. The van der Waals surface area contributed by atoms with E-state index in [1.54, 1.807) is 30.3 Å². The predicted octanol–water partition coefficient (Wildman–Crippen LogP) is 2.20. The van der Waals surface area contributed by atoms with Crippen LogP contribution in [-0.2, 0) is 10.0 Å². The molecule has 3 rings (SSSR count). The molecule has 0 atom stereocenters. The molecular formula is C21H26N2O5S. The van der Waals surface area contributed by atoms with Gasteiger partial charge in [-0.3, -0.25) is 9.69 Å². The van der Waals surface area contributed by atoms with E-state index in [1.807, 2.05) is 19.1 Å². The van der Waals surface area contributed by atoms with Gasteiger partial charge >= 0.3 is 0 Å². The van der Waals surface area contributed by atoms with Gasteiger partial charge in [0.15, 0.2) is 11.5 Å². The second kappa shape index (κ2) is 9.39. The van der Waals surface area contributed by atoms with Crippen molar-refractivity contribution in [2.45, 2.75) is 11.8 Å². The standard InChI is InChI=1S/C21H26N2O5S/c1-17-3-6-19(7-4-17)29(25,26)23-11-9-22(10-12-23)13-14-28-20-8-5-18(16-24)15-21(20)27-2/h3-8,15-16H,9-14H2,1-2H3. The van der Waals surface area contributed by atoms with E-state index in [4.69, 9.17) is 9.47 Å². The summed E-state index contributed by atoms with van der Waals surface area (Å²) in [6.45, 7) is 5.26. The molecule has 2 aromatic rings. The highest BCUT2D eigenvalue weighted by Gasteiger charge is 2.28. The van der Waals surface area contributed by atoms with Crippen LogP contribution in [0.1, 0.15) is 15.9 Å². The van der Waals surface area contributed by atoms with Gasteiger partial charge in [0.2, 0.25) is 10.0 Å². The maximum absolute atomic E-state index is 12.8. The maximum atomic E-state index is 12.8. The predicted molar refractivity (Wildman–Crippen MR) is 110 cm³/mol. The first-order chi connectivity index (χ1) is 13.9. The van der Waals surface area contributed by atoms with E-state index in [0.29, 0.717) is 61.3 Å². The molecule has 0 amide bonds. The summed E-state index contributed by atoms with van der Waals surface area (Å²) in [7, 11) is -1.92. The Balaban J connectivity index is 1.50. The molecular weight excluding hydrogens is 392 g/mol. The van der Waals surface area contributed by atoms with Gasteiger partial charge in [-0.25, -0.2) is 8.42 Å². The number of ether oxygens (including phenoxy) is 2. The number of methoxy groups -OCH3 is 1. The lowest BCUT2D eigenvalue weighted by Crippen LogP contribution is -2.49. The first-order valence-corrected chi connectivity index (χ1v) is 10.9. The molecule has 0 unspecified atom stereocenters. The molecule has 1 saturated heterocycles. The Hall–Kier alpha value is -2.42. The molecule has 0 saturated carbocycles. The smallest absolute Gasteiger partial charge is 0.243 e. The third-order valence-corrected chi connectivity index (χ3v) is 6.89. The number of sulfonamides is 1. The van der Waals surface area contributed by atoms with Gasteiger partial charge in [0.25, 0.3) is 0 Å². The number of nitrogens with zero attached hydrogens (tertiary/aromatic N) is 2. The molecule has 1 aliphatic heterocycles. The number of aryl methyl sites for hydroxylation is 1. The maximum Gasteiger partial charge on any atom is 0.243 e. The average molecular weight is 419 g/mol. The molecule has 1 aliphatic rings. The Labute approximate surface area is 171 Å². The zero-order valence-corrected chi connectivity index (χ0v) is 17.5. The third-order valence-electron chi connectivity index (χ3n) is 4.98. The second-order valence-corrected chi connectivity index (χ2v) is 8.87. The Morgan fingerprint density at radius 3 is 2.31 bits per heavy atom. The fraction of sp³-hybridized carbons (Fsp3) is 0.381. The molecule has 0 aromatic heterocycles. The lowest BCUT2D eigenvalue weighted by molar-refractivity contribution is 0.112. The molecule has 0 N–H and O–H groups in total. The van der Waals surface area contributed by atoms with Crippen molar-refractivity contribution < 1.29 is 22.7 Å². The highest BCUT2D eigenvalue weighted by Crippen LogP contribution is 2.27. The van der Waals surface area contributed by atoms with Gasteiger partial charge in [0, 0.05) is 38.3 Å². The molecule has 2 aromatic carbocycles. The zero-order valence-electron chi connectivity index (χ0n) is 16.7. The van der Waals surface area contributed by atoms with E-state index >= 15 is 0 Å². The fourth-order valence-electron chi connectivity index (χ4n) is 3.21. The molecule has 1 heterocycles. The highest BCUT2D eigenvalue weighted by molar-refractivity contribution is 7.89. The van der Waals surface area contributed by atoms with Gasteiger partial charge in [-0.15, -0.1) is 0 Å². The van der Waals surface area contributed by atoms with Crippen molar-refractivity contribution >= 4 is 16.3 Å². The van der Waals surface area contributed by atoms with E-state index in [9.17, 15) is 13.2 Å². The third kappa shape index (κ3) is 5.14. The Bertz CT molecular complexity index is 936. The molecule has 0 bridgehead atoms. The van der Waals surface area contributed by atoms with Gasteiger partial charge in [0.05, 0.1) is 12.0 Å². The topological polar surface area (TPSA) is 76.2 Å². The molecule has 29 heavy (non-hydrogen) atoms. The SMILES string of the molecule is COc1cc(C=O)ccc1OCCN1CCN(S(=O)(=O)c2ccc(C)cc2)CC1. The highest BCUT2D eigenvalue weighted by atomic mass is 32.2. The Morgan fingerprint density at radius 2 is 1.69 bits per heavy atom. The second-order valence-electron chi connectivity index (χ2n) is 6.94. The van der Waals surface area contributed by atoms with Crippen molar-refractivity contribution in [1.29, 1.82) is 0 Å². The van der Waals surface area contributed by atoms with Crippen LogP contribution < -0.4 is 9.47 Å². The molecule has 8 heteroatoms. The van der Waals surface area contributed by atoms with E-state index < -0.39 is 10.0 Å².